The van der Waals surface area contributed by atoms with Crippen molar-refractivity contribution in [2.45, 2.75) is 33.2 Å². The van der Waals surface area contributed by atoms with Crippen molar-refractivity contribution < 1.29 is 4.39 Å². The van der Waals surface area contributed by atoms with E-state index in [0.717, 1.165) is 17.2 Å². The number of rotatable bonds is 5. The molecule has 0 fully saturated rings. The first-order chi connectivity index (χ1) is 9.11. The van der Waals surface area contributed by atoms with Crippen molar-refractivity contribution in [3.63, 3.8) is 0 Å². The Kier molecular flexibility index (Phi) is 4.66. The molecule has 1 aromatic heterocycles. The van der Waals surface area contributed by atoms with E-state index in [2.05, 4.69) is 24.1 Å². The lowest BCUT2D eigenvalue weighted by Gasteiger charge is -2.09. The lowest BCUT2D eigenvalue weighted by Crippen LogP contribution is -2.17. The summed E-state index contributed by atoms with van der Waals surface area (Å²) in [6.07, 6.45) is 0.566. The van der Waals surface area contributed by atoms with Crippen LogP contribution in [0.1, 0.15) is 41.0 Å². The number of aryl methyl sites for hydroxylation is 1. The second-order valence-corrected chi connectivity index (χ2v) is 5.72. The molecule has 19 heavy (non-hydrogen) atoms. The number of hydrogen-bond donors (Lipinski definition) is 1. The molecule has 4 heteroatoms. The quantitative estimate of drug-likeness (QED) is 0.898. The predicted molar refractivity (Wildman–Crippen MR) is 78.1 cm³/mol. The van der Waals surface area contributed by atoms with Crippen LogP contribution in [-0.4, -0.2) is 11.5 Å². The molecule has 0 saturated heterocycles. The average molecular weight is 278 g/mol. The van der Waals surface area contributed by atoms with Gasteiger partial charge in [0.2, 0.25) is 0 Å². The molecule has 0 spiro atoms. The van der Waals surface area contributed by atoms with Gasteiger partial charge in [0.25, 0.3) is 0 Å². The zero-order valence-corrected chi connectivity index (χ0v) is 12.4. The highest BCUT2D eigenvalue weighted by Gasteiger charge is 2.14. The largest absolute Gasteiger partial charge is 0.310 e. The Labute approximate surface area is 117 Å². The van der Waals surface area contributed by atoms with Crippen LogP contribution in [0.4, 0.5) is 4.39 Å². The lowest BCUT2D eigenvalue weighted by molar-refractivity contribution is 0.603. The van der Waals surface area contributed by atoms with Crippen molar-refractivity contribution in [3.05, 3.63) is 51.2 Å². The minimum atomic E-state index is -0.156. The van der Waals surface area contributed by atoms with Crippen LogP contribution in [0.3, 0.4) is 0 Å². The number of benzene rings is 1. The van der Waals surface area contributed by atoms with E-state index >= 15 is 0 Å². The zero-order valence-electron chi connectivity index (χ0n) is 11.5. The van der Waals surface area contributed by atoms with Crippen LogP contribution in [0.25, 0.3) is 0 Å². The van der Waals surface area contributed by atoms with Crippen molar-refractivity contribution >= 4 is 11.3 Å². The molecular weight excluding hydrogens is 259 g/mol. The Hall–Kier alpha value is -1.26. The van der Waals surface area contributed by atoms with E-state index in [4.69, 9.17) is 0 Å². The van der Waals surface area contributed by atoms with Gasteiger partial charge in [0.05, 0.1) is 10.7 Å². The third-order valence-corrected chi connectivity index (χ3v) is 4.42. The number of nitrogens with one attached hydrogen (secondary N) is 1. The van der Waals surface area contributed by atoms with Gasteiger partial charge in [0.15, 0.2) is 0 Å². The van der Waals surface area contributed by atoms with Crippen LogP contribution >= 0.6 is 11.3 Å². The molecule has 1 unspecified atom stereocenters. The van der Waals surface area contributed by atoms with Gasteiger partial charge in [0.1, 0.15) is 5.82 Å². The van der Waals surface area contributed by atoms with E-state index < -0.39 is 0 Å². The summed E-state index contributed by atoms with van der Waals surface area (Å²) in [6, 6.07) is 7.19. The molecule has 102 valence electrons. The van der Waals surface area contributed by atoms with Crippen molar-refractivity contribution in [1.29, 1.82) is 0 Å². The zero-order chi connectivity index (χ0) is 13.8. The smallest absolute Gasteiger partial charge is 0.126 e. The summed E-state index contributed by atoms with van der Waals surface area (Å²) in [5, 5.41) is 4.36. The molecule has 0 radical (unpaired) electrons. The van der Waals surface area contributed by atoms with E-state index in [1.54, 1.807) is 17.4 Å². The number of thiazole rings is 1. The number of nitrogens with zero attached hydrogens (tertiary/aromatic N) is 1. The Morgan fingerprint density at radius 2 is 2.11 bits per heavy atom. The van der Waals surface area contributed by atoms with Gasteiger partial charge in [-0.25, -0.2) is 9.37 Å². The Morgan fingerprint density at radius 1 is 1.37 bits per heavy atom. The van der Waals surface area contributed by atoms with E-state index in [1.165, 1.54) is 10.9 Å². The molecule has 1 atom stereocenters. The van der Waals surface area contributed by atoms with Gasteiger partial charge in [-0.05, 0) is 32.0 Å². The topological polar surface area (TPSA) is 24.9 Å². The first-order valence-electron chi connectivity index (χ1n) is 6.54. The fourth-order valence-electron chi connectivity index (χ4n) is 2.15. The Bertz CT molecular complexity index is 551. The molecular formula is C15H19FN2S. The predicted octanol–water partition coefficient (Wildman–Crippen LogP) is 3.85. The number of aromatic nitrogens is 1. The highest BCUT2D eigenvalue weighted by Crippen LogP contribution is 2.26. The van der Waals surface area contributed by atoms with Crippen molar-refractivity contribution in [1.82, 2.24) is 10.3 Å². The summed E-state index contributed by atoms with van der Waals surface area (Å²) in [6.45, 7) is 7.18. The number of halogens is 1. The van der Waals surface area contributed by atoms with Gasteiger partial charge >= 0.3 is 0 Å². The van der Waals surface area contributed by atoms with Crippen LogP contribution in [0.5, 0.6) is 0 Å². The second-order valence-electron chi connectivity index (χ2n) is 4.60. The molecule has 0 aliphatic heterocycles. The van der Waals surface area contributed by atoms with Crippen LogP contribution in [0.2, 0.25) is 0 Å². The van der Waals surface area contributed by atoms with E-state index in [1.807, 2.05) is 19.1 Å². The fraction of sp³-hybridized carbons (Fsp3) is 0.400. The summed E-state index contributed by atoms with van der Waals surface area (Å²) in [5.41, 5.74) is 1.75. The molecule has 0 aliphatic rings. The van der Waals surface area contributed by atoms with Gasteiger partial charge in [0, 0.05) is 17.3 Å². The fourth-order valence-corrected chi connectivity index (χ4v) is 3.26. The summed E-state index contributed by atoms with van der Waals surface area (Å²) in [7, 11) is 0. The maximum absolute atomic E-state index is 13.6. The lowest BCUT2D eigenvalue weighted by atomic mass is 10.1. The molecule has 1 N–H and O–H groups in total. The molecule has 0 saturated carbocycles. The van der Waals surface area contributed by atoms with Crippen molar-refractivity contribution in [2.24, 2.45) is 0 Å². The van der Waals surface area contributed by atoms with Crippen LogP contribution in [0.15, 0.2) is 24.3 Å². The molecule has 2 rings (SSSR count). The molecule has 2 aromatic rings. The van der Waals surface area contributed by atoms with Gasteiger partial charge in [-0.3, -0.25) is 0 Å². The molecule has 2 nitrogen and oxygen atoms in total. The highest BCUT2D eigenvalue weighted by molar-refractivity contribution is 7.11. The summed E-state index contributed by atoms with van der Waals surface area (Å²) < 4.78 is 13.6. The third-order valence-electron chi connectivity index (χ3n) is 3.08. The third kappa shape index (κ3) is 3.39. The normalized spacial score (nSPS) is 12.6. The second kappa shape index (κ2) is 6.26. The van der Waals surface area contributed by atoms with E-state index in [9.17, 15) is 4.39 Å². The first-order valence-corrected chi connectivity index (χ1v) is 7.36. The molecule has 0 amide bonds. The molecule has 0 aliphatic carbocycles. The average Bonchev–Trinajstić information content (AvgIpc) is 2.74. The minimum Gasteiger partial charge on any atom is -0.310 e. The van der Waals surface area contributed by atoms with Crippen LogP contribution in [-0.2, 0) is 6.42 Å². The molecule has 1 aromatic carbocycles. The number of hydrogen-bond acceptors (Lipinski definition) is 3. The maximum Gasteiger partial charge on any atom is 0.126 e. The highest BCUT2D eigenvalue weighted by atomic mass is 32.1. The molecule has 1 heterocycles. The van der Waals surface area contributed by atoms with E-state index in [0.29, 0.717) is 18.0 Å². The van der Waals surface area contributed by atoms with Gasteiger partial charge < -0.3 is 5.32 Å². The van der Waals surface area contributed by atoms with Crippen molar-refractivity contribution in [2.75, 3.05) is 6.54 Å². The molecule has 0 bridgehead atoms. The Balaban J connectivity index is 2.19. The van der Waals surface area contributed by atoms with Crippen LogP contribution < -0.4 is 5.32 Å². The van der Waals surface area contributed by atoms with Crippen molar-refractivity contribution in [3.8, 4) is 0 Å². The Morgan fingerprint density at radius 3 is 2.79 bits per heavy atom. The summed E-state index contributed by atoms with van der Waals surface area (Å²) in [5.74, 6) is -0.156. The standard InChI is InChI=1S/C15H19FN2S/c1-4-17-10(2)15-11(3)18-14(19-15)9-12-7-5-6-8-13(12)16/h5-8,10,17H,4,9H2,1-3H3. The van der Waals surface area contributed by atoms with E-state index in [-0.39, 0.29) is 5.82 Å². The SMILES string of the molecule is CCNC(C)c1sc(Cc2ccccc2F)nc1C. The van der Waals surface area contributed by atoms with Gasteiger partial charge in [-0.15, -0.1) is 11.3 Å². The monoisotopic (exact) mass is 278 g/mol. The minimum absolute atomic E-state index is 0.156. The van der Waals surface area contributed by atoms with Crippen LogP contribution in [0, 0.1) is 12.7 Å². The summed E-state index contributed by atoms with van der Waals surface area (Å²) >= 11 is 1.67. The van der Waals surface area contributed by atoms with Gasteiger partial charge in [-0.1, -0.05) is 25.1 Å². The maximum atomic E-state index is 13.6. The van der Waals surface area contributed by atoms with Gasteiger partial charge in [-0.2, -0.15) is 0 Å². The summed E-state index contributed by atoms with van der Waals surface area (Å²) in [4.78, 5) is 5.81. The first kappa shape index (κ1) is 14.2.